The van der Waals surface area contributed by atoms with Gasteiger partial charge in [0.05, 0.1) is 12.7 Å². The zero-order valence-electron chi connectivity index (χ0n) is 12.8. The van der Waals surface area contributed by atoms with Gasteiger partial charge in [0.2, 0.25) is 5.91 Å². The summed E-state index contributed by atoms with van der Waals surface area (Å²) in [5.74, 6) is 0.202. The van der Waals surface area contributed by atoms with Crippen LogP contribution in [0.2, 0.25) is 0 Å². The van der Waals surface area contributed by atoms with Crippen LogP contribution in [-0.2, 0) is 4.79 Å². The maximum absolute atomic E-state index is 12.2. The molecule has 0 aromatic heterocycles. The molecule has 1 aliphatic rings. The van der Waals surface area contributed by atoms with E-state index in [1.54, 1.807) is 4.90 Å². The van der Waals surface area contributed by atoms with Crippen molar-refractivity contribution < 1.29 is 9.53 Å². The number of benzene rings is 1. The molecule has 1 fully saturated rings. The fraction of sp³-hybridized carbons (Fsp3) is 0.529. The summed E-state index contributed by atoms with van der Waals surface area (Å²) in [6.45, 7) is 5.97. The molecule has 1 heterocycles. The highest BCUT2D eigenvalue weighted by molar-refractivity contribution is 5.81. The topological polar surface area (TPSA) is 53.3 Å². The van der Waals surface area contributed by atoms with E-state index in [0.29, 0.717) is 13.0 Å². The molecule has 4 heteroatoms. The van der Waals surface area contributed by atoms with Gasteiger partial charge >= 0.3 is 0 Å². The van der Waals surface area contributed by atoms with Crippen LogP contribution in [0.5, 0.6) is 5.75 Å². The molecule has 0 spiro atoms. The number of rotatable bonds is 5. The van der Waals surface area contributed by atoms with Crippen LogP contribution in [0, 0.1) is 31.1 Å². The van der Waals surface area contributed by atoms with E-state index in [9.17, 15) is 10.1 Å². The molecule has 0 bridgehead atoms. The van der Waals surface area contributed by atoms with Crippen LogP contribution in [-0.4, -0.2) is 30.5 Å². The largest absolute Gasteiger partial charge is 0.493 e. The molecule has 1 amide bonds. The van der Waals surface area contributed by atoms with Gasteiger partial charge in [0.15, 0.2) is 0 Å². The first-order valence-electron chi connectivity index (χ1n) is 7.50. The first-order valence-corrected chi connectivity index (χ1v) is 7.50. The molecule has 1 aliphatic heterocycles. The van der Waals surface area contributed by atoms with Gasteiger partial charge in [0.1, 0.15) is 11.7 Å². The summed E-state index contributed by atoms with van der Waals surface area (Å²) in [5, 5.41) is 9.20. The number of nitrogens with zero attached hydrogens (tertiary/aromatic N) is 2. The van der Waals surface area contributed by atoms with Gasteiger partial charge in [-0.3, -0.25) is 4.79 Å². The Hall–Kier alpha value is -2.02. The summed E-state index contributed by atoms with van der Waals surface area (Å²) in [6.07, 6.45) is 2.53. The molecule has 0 radical (unpaired) electrons. The second-order valence-corrected chi connectivity index (χ2v) is 5.62. The lowest BCUT2D eigenvalue weighted by Gasteiger charge is -2.19. The number of hydrogen-bond acceptors (Lipinski definition) is 3. The molecule has 0 N–H and O–H groups in total. The molecular weight excluding hydrogens is 264 g/mol. The van der Waals surface area contributed by atoms with E-state index in [1.165, 1.54) is 0 Å². The molecule has 0 aliphatic carbocycles. The fourth-order valence-electron chi connectivity index (χ4n) is 2.55. The van der Waals surface area contributed by atoms with E-state index >= 15 is 0 Å². The number of amides is 1. The van der Waals surface area contributed by atoms with Crippen LogP contribution in [0.25, 0.3) is 0 Å². The molecule has 0 saturated carbocycles. The minimum Gasteiger partial charge on any atom is -0.493 e. The van der Waals surface area contributed by atoms with Crippen LogP contribution < -0.4 is 4.74 Å². The molecular formula is C17H22N2O2. The van der Waals surface area contributed by atoms with Crippen molar-refractivity contribution in [3.05, 3.63) is 29.3 Å². The monoisotopic (exact) mass is 286 g/mol. The lowest BCUT2D eigenvalue weighted by atomic mass is 10.1. The molecule has 21 heavy (non-hydrogen) atoms. The number of nitriles is 1. The first-order chi connectivity index (χ1) is 10.1. The standard InChI is InChI=1S/C17H22N2O2/c1-13-5-6-14(2)16(11-13)21-10-7-15(12-18)17(20)19-8-3-4-9-19/h5-6,11,15H,3-4,7-10H2,1-2H3. The Kier molecular flexibility index (Phi) is 5.21. The minimum atomic E-state index is -0.590. The van der Waals surface area contributed by atoms with Gasteiger partial charge in [-0.1, -0.05) is 12.1 Å². The molecule has 1 unspecified atom stereocenters. The number of aryl methyl sites for hydroxylation is 2. The van der Waals surface area contributed by atoms with E-state index < -0.39 is 5.92 Å². The summed E-state index contributed by atoms with van der Waals surface area (Å²) in [5.41, 5.74) is 2.21. The van der Waals surface area contributed by atoms with Crippen LogP contribution in [0.15, 0.2) is 18.2 Å². The zero-order chi connectivity index (χ0) is 15.2. The van der Waals surface area contributed by atoms with Crippen molar-refractivity contribution in [3.63, 3.8) is 0 Å². The van der Waals surface area contributed by atoms with Gasteiger partial charge in [0.25, 0.3) is 0 Å². The van der Waals surface area contributed by atoms with Crippen molar-refractivity contribution in [2.24, 2.45) is 5.92 Å². The maximum Gasteiger partial charge on any atom is 0.240 e. The highest BCUT2D eigenvalue weighted by atomic mass is 16.5. The van der Waals surface area contributed by atoms with E-state index in [2.05, 4.69) is 6.07 Å². The number of likely N-dealkylation sites (tertiary alicyclic amines) is 1. The van der Waals surface area contributed by atoms with Gasteiger partial charge in [-0.25, -0.2) is 0 Å². The van der Waals surface area contributed by atoms with Crippen molar-refractivity contribution in [3.8, 4) is 11.8 Å². The maximum atomic E-state index is 12.2. The SMILES string of the molecule is Cc1ccc(C)c(OCCC(C#N)C(=O)N2CCCC2)c1. The highest BCUT2D eigenvalue weighted by Crippen LogP contribution is 2.20. The van der Waals surface area contributed by atoms with Gasteiger partial charge in [-0.05, 0) is 43.9 Å². The Balaban J connectivity index is 1.87. The summed E-state index contributed by atoms with van der Waals surface area (Å²) < 4.78 is 5.74. The average molecular weight is 286 g/mol. The van der Waals surface area contributed by atoms with Crippen LogP contribution >= 0.6 is 0 Å². The molecule has 1 saturated heterocycles. The predicted octanol–water partition coefficient (Wildman–Crippen LogP) is 2.83. The van der Waals surface area contributed by atoms with Gasteiger partial charge in [0, 0.05) is 19.5 Å². The lowest BCUT2D eigenvalue weighted by Crippen LogP contribution is -2.33. The summed E-state index contributed by atoms with van der Waals surface area (Å²) in [7, 11) is 0. The first kappa shape index (κ1) is 15.4. The second kappa shape index (κ2) is 7.12. The molecule has 4 nitrogen and oxygen atoms in total. The fourth-order valence-corrected chi connectivity index (χ4v) is 2.55. The van der Waals surface area contributed by atoms with E-state index in [-0.39, 0.29) is 5.91 Å². The van der Waals surface area contributed by atoms with Crippen molar-refractivity contribution in [1.29, 1.82) is 5.26 Å². The van der Waals surface area contributed by atoms with Gasteiger partial charge in [-0.2, -0.15) is 5.26 Å². The van der Waals surface area contributed by atoms with Gasteiger partial charge in [-0.15, -0.1) is 0 Å². The molecule has 1 aromatic rings. The lowest BCUT2D eigenvalue weighted by molar-refractivity contribution is -0.133. The zero-order valence-corrected chi connectivity index (χ0v) is 12.8. The smallest absolute Gasteiger partial charge is 0.240 e. The van der Waals surface area contributed by atoms with E-state index in [4.69, 9.17) is 4.74 Å². The Morgan fingerprint density at radius 2 is 2.10 bits per heavy atom. The number of carbonyl (C=O) groups excluding carboxylic acids is 1. The van der Waals surface area contributed by atoms with Crippen molar-refractivity contribution in [1.82, 2.24) is 4.90 Å². The van der Waals surface area contributed by atoms with Crippen molar-refractivity contribution in [2.75, 3.05) is 19.7 Å². The highest BCUT2D eigenvalue weighted by Gasteiger charge is 2.26. The van der Waals surface area contributed by atoms with Crippen molar-refractivity contribution in [2.45, 2.75) is 33.1 Å². The number of hydrogen-bond donors (Lipinski definition) is 0. The number of ether oxygens (including phenoxy) is 1. The Morgan fingerprint density at radius 1 is 1.38 bits per heavy atom. The van der Waals surface area contributed by atoms with Crippen LogP contribution in [0.4, 0.5) is 0 Å². The summed E-state index contributed by atoms with van der Waals surface area (Å²) in [6, 6.07) is 8.16. The minimum absolute atomic E-state index is 0.0421. The third-order valence-electron chi connectivity index (χ3n) is 3.88. The number of carbonyl (C=O) groups is 1. The van der Waals surface area contributed by atoms with Gasteiger partial charge < -0.3 is 9.64 Å². The third kappa shape index (κ3) is 3.98. The Bertz CT molecular complexity index is 542. The predicted molar refractivity (Wildman–Crippen MR) is 80.9 cm³/mol. The van der Waals surface area contributed by atoms with E-state index in [1.807, 2.05) is 32.0 Å². The molecule has 1 aromatic carbocycles. The Morgan fingerprint density at radius 3 is 2.76 bits per heavy atom. The molecule has 2 rings (SSSR count). The van der Waals surface area contributed by atoms with Crippen LogP contribution in [0.3, 0.4) is 0 Å². The average Bonchev–Trinajstić information content (AvgIpc) is 3.00. The van der Waals surface area contributed by atoms with Crippen LogP contribution in [0.1, 0.15) is 30.4 Å². The second-order valence-electron chi connectivity index (χ2n) is 5.62. The molecule has 112 valence electrons. The quantitative estimate of drug-likeness (QED) is 0.836. The van der Waals surface area contributed by atoms with E-state index in [0.717, 1.165) is 42.8 Å². The Labute approximate surface area is 126 Å². The molecule has 1 atom stereocenters. The third-order valence-corrected chi connectivity index (χ3v) is 3.88. The van der Waals surface area contributed by atoms with Crippen molar-refractivity contribution >= 4 is 5.91 Å². The summed E-state index contributed by atoms with van der Waals surface area (Å²) in [4.78, 5) is 14.0. The normalized spacial score (nSPS) is 15.6. The summed E-state index contributed by atoms with van der Waals surface area (Å²) >= 11 is 0.